The summed E-state index contributed by atoms with van der Waals surface area (Å²) >= 11 is 1.57. The molecule has 0 spiro atoms. The minimum Gasteiger partial charge on any atom is -0.372 e. The van der Waals surface area contributed by atoms with Crippen LogP contribution in [-0.2, 0) is 9.53 Å². The molecule has 1 aliphatic rings. The first-order valence-corrected chi connectivity index (χ1v) is 13.1. The largest absolute Gasteiger partial charge is 0.372 e. The van der Waals surface area contributed by atoms with Gasteiger partial charge in [0.05, 0.1) is 22.8 Å². The van der Waals surface area contributed by atoms with E-state index in [1.165, 1.54) is 0 Å². The molecule has 2 atom stereocenters. The molecule has 0 radical (unpaired) electrons. The highest BCUT2D eigenvalue weighted by Gasteiger charge is 2.29. The van der Waals surface area contributed by atoms with E-state index >= 15 is 0 Å². The molecule has 7 nitrogen and oxygen atoms in total. The van der Waals surface area contributed by atoms with Crippen molar-refractivity contribution in [3.63, 3.8) is 0 Å². The molecule has 8 heteroatoms. The van der Waals surface area contributed by atoms with E-state index in [-0.39, 0.29) is 29.7 Å². The number of benzene rings is 2. The smallest absolute Gasteiger partial charge is 0.270 e. The number of morpholine rings is 1. The van der Waals surface area contributed by atoms with Crippen molar-refractivity contribution in [1.82, 2.24) is 20.0 Å². The summed E-state index contributed by atoms with van der Waals surface area (Å²) in [5.41, 5.74) is 3.04. The number of carbonyl (C=O) groups excluding carboxylic acids is 2. The topological polar surface area (TPSA) is 76.5 Å². The van der Waals surface area contributed by atoms with Crippen LogP contribution in [0.5, 0.6) is 0 Å². The second-order valence-corrected chi connectivity index (χ2v) is 9.98. The van der Waals surface area contributed by atoms with Crippen molar-refractivity contribution < 1.29 is 14.3 Å². The van der Waals surface area contributed by atoms with E-state index in [9.17, 15) is 9.59 Å². The Labute approximate surface area is 220 Å². The first-order chi connectivity index (χ1) is 18.0. The number of thiophene rings is 1. The molecule has 2 aromatic heterocycles. The van der Waals surface area contributed by atoms with Crippen LogP contribution in [-0.4, -0.2) is 51.8 Å². The lowest BCUT2D eigenvalue weighted by atomic mass is 10.1. The van der Waals surface area contributed by atoms with Crippen LogP contribution in [0.4, 0.5) is 0 Å². The van der Waals surface area contributed by atoms with Gasteiger partial charge in [0.2, 0.25) is 0 Å². The van der Waals surface area contributed by atoms with Gasteiger partial charge >= 0.3 is 0 Å². The molecule has 0 bridgehead atoms. The molecular formula is C29H28N4O3S. The maximum atomic E-state index is 13.8. The first-order valence-electron chi connectivity index (χ1n) is 12.2. The minimum absolute atomic E-state index is 0.0960. The van der Waals surface area contributed by atoms with E-state index < -0.39 is 0 Å². The number of amides is 2. The van der Waals surface area contributed by atoms with E-state index in [0.717, 1.165) is 21.8 Å². The molecule has 5 rings (SSSR count). The third-order valence-corrected chi connectivity index (χ3v) is 6.92. The highest BCUT2D eigenvalue weighted by Crippen LogP contribution is 2.29. The van der Waals surface area contributed by atoms with E-state index in [1.54, 1.807) is 51.3 Å². The Balaban J connectivity index is 1.57. The van der Waals surface area contributed by atoms with Gasteiger partial charge in [-0.15, -0.1) is 11.3 Å². The van der Waals surface area contributed by atoms with Crippen molar-refractivity contribution in [2.45, 2.75) is 26.1 Å². The Morgan fingerprint density at radius 2 is 1.65 bits per heavy atom. The van der Waals surface area contributed by atoms with Crippen LogP contribution >= 0.6 is 11.3 Å². The number of carbonyl (C=O) groups is 2. The highest BCUT2D eigenvalue weighted by atomic mass is 32.1. The van der Waals surface area contributed by atoms with Crippen molar-refractivity contribution in [3.8, 4) is 16.3 Å². The molecular weight excluding hydrogens is 484 g/mol. The summed E-state index contributed by atoms with van der Waals surface area (Å²) < 4.78 is 7.62. The molecule has 4 aromatic rings. The summed E-state index contributed by atoms with van der Waals surface area (Å²) in [6.07, 6.45) is 3.43. The first kappa shape index (κ1) is 24.7. The van der Waals surface area contributed by atoms with Crippen LogP contribution in [0.1, 0.15) is 29.8 Å². The Morgan fingerprint density at radius 1 is 0.973 bits per heavy atom. The van der Waals surface area contributed by atoms with Crippen molar-refractivity contribution >= 4 is 29.2 Å². The molecule has 0 unspecified atom stereocenters. The van der Waals surface area contributed by atoms with Crippen LogP contribution in [0.15, 0.2) is 90.1 Å². The zero-order valence-electron chi connectivity index (χ0n) is 20.7. The van der Waals surface area contributed by atoms with Crippen LogP contribution in [0.2, 0.25) is 0 Å². The molecule has 3 heterocycles. The molecule has 37 heavy (non-hydrogen) atoms. The van der Waals surface area contributed by atoms with Gasteiger partial charge in [-0.2, -0.15) is 5.10 Å². The van der Waals surface area contributed by atoms with Gasteiger partial charge < -0.3 is 15.0 Å². The molecule has 0 saturated carbocycles. The number of hydrogen-bond donors (Lipinski definition) is 1. The van der Waals surface area contributed by atoms with Crippen molar-refractivity contribution in [2.75, 3.05) is 13.1 Å². The Morgan fingerprint density at radius 3 is 2.30 bits per heavy atom. The van der Waals surface area contributed by atoms with E-state index in [2.05, 4.69) is 5.32 Å². The number of para-hydroxylation sites is 1. The fourth-order valence-electron chi connectivity index (χ4n) is 4.42. The standard InChI is InChI=1S/C29H28N4O3S/c1-20-17-32(18-21(2)36-20)29(35)25(30-28(34)22-10-5-3-6-11-22)16-23-19-33(24-12-7-4-8-13-24)31-27(23)26-14-9-15-37-26/h3-16,19-21H,17-18H2,1-2H3,(H,30,34)/b25-16-/t20-,21+. The summed E-state index contributed by atoms with van der Waals surface area (Å²) in [7, 11) is 0. The number of rotatable bonds is 6. The Kier molecular flexibility index (Phi) is 7.30. The van der Waals surface area contributed by atoms with Gasteiger partial charge in [-0.25, -0.2) is 4.68 Å². The van der Waals surface area contributed by atoms with Crippen molar-refractivity contribution in [2.24, 2.45) is 0 Å². The number of aromatic nitrogens is 2. The summed E-state index contributed by atoms with van der Waals surface area (Å²) in [6, 6.07) is 22.6. The zero-order valence-corrected chi connectivity index (χ0v) is 21.5. The second kappa shape index (κ2) is 10.9. The monoisotopic (exact) mass is 512 g/mol. The van der Waals surface area contributed by atoms with E-state index in [0.29, 0.717) is 18.7 Å². The molecule has 1 saturated heterocycles. The molecule has 0 aliphatic carbocycles. The fraction of sp³-hybridized carbons (Fsp3) is 0.207. The maximum absolute atomic E-state index is 13.8. The van der Waals surface area contributed by atoms with Gasteiger partial charge in [0.15, 0.2) is 0 Å². The summed E-state index contributed by atoms with van der Waals surface area (Å²) in [5, 5.41) is 9.71. The molecule has 1 N–H and O–H groups in total. The third kappa shape index (κ3) is 5.71. The average Bonchev–Trinajstić information content (AvgIpc) is 3.58. The summed E-state index contributed by atoms with van der Waals surface area (Å²) in [6.45, 7) is 4.78. The van der Waals surface area contributed by atoms with Crippen molar-refractivity contribution in [3.05, 3.63) is 101 Å². The van der Waals surface area contributed by atoms with Gasteiger partial charge in [-0.1, -0.05) is 42.5 Å². The van der Waals surface area contributed by atoms with Crippen LogP contribution in [0.3, 0.4) is 0 Å². The quantitative estimate of drug-likeness (QED) is 0.369. The lowest BCUT2D eigenvalue weighted by molar-refractivity contribution is -0.139. The zero-order chi connectivity index (χ0) is 25.8. The lowest BCUT2D eigenvalue weighted by Gasteiger charge is -2.35. The van der Waals surface area contributed by atoms with Crippen LogP contribution in [0.25, 0.3) is 22.3 Å². The van der Waals surface area contributed by atoms with Crippen LogP contribution < -0.4 is 5.32 Å². The lowest BCUT2D eigenvalue weighted by Crippen LogP contribution is -2.50. The van der Waals surface area contributed by atoms with Gasteiger partial charge in [-0.3, -0.25) is 9.59 Å². The molecule has 2 amide bonds. The normalized spacial score (nSPS) is 18.0. The van der Waals surface area contributed by atoms with Crippen LogP contribution in [0, 0.1) is 0 Å². The average molecular weight is 513 g/mol. The summed E-state index contributed by atoms with van der Waals surface area (Å²) in [5.74, 6) is -0.599. The second-order valence-electron chi connectivity index (χ2n) is 9.04. The van der Waals surface area contributed by atoms with Gasteiger partial charge in [0.25, 0.3) is 11.8 Å². The molecule has 1 aliphatic heterocycles. The highest BCUT2D eigenvalue weighted by molar-refractivity contribution is 7.13. The van der Waals surface area contributed by atoms with Crippen molar-refractivity contribution in [1.29, 1.82) is 0 Å². The number of ether oxygens (including phenoxy) is 1. The number of nitrogens with zero attached hydrogens (tertiary/aromatic N) is 3. The third-order valence-electron chi connectivity index (χ3n) is 6.04. The minimum atomic E-state index is -0.345. The predicted octanol–water partition coefficient (Wildman–Crippen LogP) is 5.01. The number of hydrogen-bond acceptors (Lipinski definition) is 5. The van der Waals surface area contributed by atoms with E-state index in [4.69, 9.17) is 9.84 Å². The SMILES string of the molecule is C[C@@H]1CN(C(=O)/C(=C/c2cn(-c3ccccc3)nc2-c2cccs2)NC(=O)c2ccccc2)C[C@H](C)O1. The fourth-order valence-corrected chi connectivity index (χ4v) is 5.15. The molecule has 188 valence electrons. The van der Waals surface area contributed by atoms with E-state index in [1.807, 2.05) is 74.0 Å². The predicted molar refractivity (Wildman–Crippen MR) is 145 cm³/mol. The van der Waals surface area contributed by atoms with Gasteiger partial charge in [-0.05, 0) is 55.6 Å². The Hall–Kier alpha value is -4.01. The maximum Gasteiger partial charge on any atom is 0.270 e. The number of nitrogens with one attached hydrogen (secondary N) is 1. The summed E-state index contributed by atoms with van der Waals surface area (Å²) in [4.78, 5) is 29.6. The Bertz CT molecular complexity index is 1390. The molecule has 1 fully saturated rings. The van der Waals surface area contributed by atoms with Gasteiger partial charge in [0.1, 0.15) is 11.4 Å². The van der Waals surface area contributed by atoms with Gasteiger partial charge in [0, 0.05) is 30.4 Å². The molecule has 2 aromatic carbocycles.